The molecule has 0 saturated carbocycles. The van der Waals surface area contributed by atoms with E-state index in [0.717, 1.165) is 19.5 Å². The van der Waals surface area contributed by atoms with Crippen LogP contribution in [0.2, 0.25) is 0 Å². The quantitative estimate of drug-likeness (QED) is 0.553. The van der Waals surface area contributed by atoms with E-state index in [-0.39, 0.29) is 13.2 Å². The second kappa shape index (κ2) is 8.44. The van der Waals surface area contributed by atoms with Crippen LogP contribution in [0.15, 0.2) is 0 Å². The van der Waals surface area contributed by atoms with Crippen LogP contribution in [0.3, 0.4) is 0 Å². The Morgan fingerprint density at radius 2 is 1.85 bits per heavy atom. The van der Waals surface area contributed by atoms with E-state index in [4.69, 9.17) is 14.9 Å². The van der Waals surface area contributed by atoms with Gasteiger partial charge >= 0.3 is 0 Å². The summed E-state index contributed by atoms with van der Waals surface area (Å²) in [6.45, 7) is 4.34. The third-order valence-corrected chi connectivity index (χ3v) is 1.84. The van der Waals surface area contributed by atoms with Gasteiger partial charge in [-0.2, -0.15) is 0 Å². The van der Waals surface area contributed by atoms with Gasteiger partial charge in [-0.1, -0.05) is 6.92 Å². The number of rotatable bonds is 8. The van der Waals surface area contributed by atoms with E-state index < -0.39 is 6.10 Å². The SMILES string of the molecule is CCCN(C)CCOC(CO)CO. The summed E-state index contributed by atoms with van der Waals surface area (Å²) in [5.74, 6) is 0. The average Bonchev–Trinajstić information content (AvgIpc) is 2.13. The molecule has 0 saturated heterocycles. The molecule has 0 atom stereocenters. The van der Waals surface area contributed by atoms with Gasteiger partial charge in [-0.05, 0) is 20.0 Å². The van der Waals surface area contributed by atoms with Crippen molar-refractivity contribution in [3.63, 3.8) is 0 Å². The fourth-order valence-electron chi connectivity index (χ4n) is 1.03. The van der Waals surface area contributed by atoms with Crippen LogP contribution in [-0.2, 0) is 4.74 Å². The Hall–Kier alpha value is -0.160. The second-order valence-electron chi connectivity index (χ2n) is 3.16. The van der Waals surface area contributed by atoms with Gasteiger partial charge in [0, 0.05) is 6.54 Å². The van der Waals surface area contributed by atoms with Crippen molar-refractivity contribution in [2.75, 3.05) is 40.0 Å². The highest BCUT2D eigenvalue weighted by Crippen LogP contribution is 1.91. The third-order valence-electron chi connectivity index (χ3n) is 1.84. The predicted octanol–water partition coefficient (Wildman–Crippen LogP) is -0.302. The molecule has 0 aliphatic carbocycles. The van der Waals surface area contributed by atoms with Gasteiger partial charge in [0.15, 0.2) is 0 Å². The number of likely N-dealkylation sites (N-methyl/N-ethyl adjacent to an activating group) is 1. The number of hydrogen-bond acceptors (Lipinski definition) is 4. The number of aliphatic hydroxyl groups excluding tert-OH is 2. The molecule has 13 heavy (non-hydrogen) atoms. The molecule has 0 unspecified atom stereocenters. The van der Waals surface area contributed by atoms with Crippen molar-refractivity contribution in [2.45, 2.75) is 19.4 Å². The Kier molecular flexibility index (Phi) is 8.33. The zero-order valence-corrected chi connectivity index (χ0v) is 8.57. The van der Waals surface area contributed by atoms with Gasteiger partial charge in [0.1, 0.15) is 6.10 Å². The van der Waals surface area contributed by atoms with Crippen LogP contribution in [0.4, 0.5) is 0 Å². The van der Waals surface area contributed by atoms with Crippen LogP contribution in [0.5, 0.6) is 0 Å². The molecule has 0 aromatic heterocycles. The first-order valence-electron chi connectivity index (χ1n) is 4.76. The van der Waals surface area contributed by atoms with E-state index in [1.165, 1.54) is 0 Å². The minimum Gasteiger partial charge on any atom is -0.394 e. The molecule has 0 aromatic rings. The van der Waals surface area contributed by atoms with Crippen molar-refractivity contribution in [1.29, 1.82) is 0 Å². The summed E-state index contributed by atoms with van der Waals surface area (Å²) in [5, 5.41) is 17.4. The fourth-order valence-corrected chi connectivity index (χ4v) is 1.03. The molecular formula is C9H21NO3. The van der Waals surface area contributed by atoms with Gasteiger partial charge < -0.3 is 19.8 Å². The Morgan fingerprint density at radius 3 is 2.31 bits per heavy atom. The van der Waals surface area contributed by atoms with Gasteiger partial charge in [-0.25, -0.2) is 0 Å². The number of ether oxygens (including phenoxy) is 1. The minimum atomic E-state index is -0.421. The van der Waals surface area contributed by atoms with Crippen LogP contribution in [0.25, 0.3) is 0 Å². The number of hydrogen-bond donors (Lipinski definition) is 2. The zero-order valence-electron chi connectivity index (χ0n) is 8.57. The molecular weight excluding hydrogens is 170 g/mol. The van der Waals surface area contributed by atoms with Crippen molar-refractivity contribution in [3.8, 4) is 0 Å². The summed E-state index contributed by atoms with van der Waals surface area (Å²) in [7, 11) is 2.03. The van der Waals surface area contributed by atoms with Crippen LogP contribution in [0.1, 0.15) is 13.3 Å². The molecule has 0 rings (SSSR count). The molecule has 0 fully saturated rings. The third kappa shape index (κ3) is 6.95. The largest absolute Gasteiger partial charge is 0.394 e. The van der Waals surface area contributed by atoms with E-state index >= 15 is 0 Å². The maximum absolute atomic E-state index is 8.70. The van der Waals surface area contributed by atoms with Crippen LogP contribution in [-0.4, -0.2) is 61.2 Å². The molecule has 0 amide bonds. The van der Waals surface area contributed by atoms with Crippen molar-refractivity contribution >= 4 is 0 Å². The summed E-state index contributed by atoms with van der Waals surface area (Å²) in [4.78, 5) is 2.16. The average molecular weight is 191 g/mol. The first-order chi connectivity index (χ1) is 6.24. The van der Waals surface area contributed by atoms with Gasteiger partial charge in [0.2, 0.25) is 0 Å². The fraction of sp³-hybridized carbons (Fsp3) is 1.00. The molecule has 0 bridgehead atoms. The molecule has 4 heteroatoms. The topological polar surface area (TPSA) is 52.9 Å². The lowest BCUT2D eigenvalue weighted by Gasteiger charge is -2.17. The normalized spacial score (nSPS) is 11.5. The monoisotopic (exact) mass is 191 g/mol. The van der Waals surface area contributed by atoms with Crippen molar-refractivity contribution in [3.05, 3.63) is 0 Å². The van der Waals surface area contributed by atoms with Gasteiger partial charge in [-0.3, -0.25) is 0 Å². The molecule has 0 spiro atoms. The van der Waals surface area contributed by atoms with E-state index in [1.54, 1.807) is 0 Å². The van der Waals surface area contributed by atoms with E-state index in [9.17, 15) is 0 Å². The second-order valence-corrected chi connectivity index (χ2v) is 3.16. The van der Waals surface area contributed by atoms with Crippen molar-refractivity contribution in [1.82, 2.24) is 4.90 Å². The van der Waals surface area contributed by atoms with Crippen LogP contribution < -0.4 is 0 Å². The van der Waals surface area contributed by atoms with Gasteiger partial charge in [0.05, 0.1) is 19.8 Å². The van der Waals surface area contributed by atoms with E-state index in [0.29, 0.717) is 6.61 Å². The highest BCUT2D eigenvalue weighted by Gasteiger charge is 2.05. The predicted molar refractivity (Wildman–Crippen MR) is 51.7 cm³/mol. The van der Waals surface area contributed by atoms with Gasteiger partial charge in [0.25, 0.3) is 0 Å². The lowest BCUT2D eigenvalue weighted by atomic mass is 10.4. The first-order valence-corrected chi connectivity index (χ1v) is 4.76. The molecule has 0 radical (unpaired) electrons. The Bertz CT molecular complexity index is 107. The molecule has 0 heterocycles. The molecule has 4 nitrogen and oxygen atoms in total. The van der Waals surface area contributed by atoms with Gasteiger partial charge in [-0.15, -0.1) is 0 Å². The standard InChI is InChI=1S/C9H21NO3/c1-3-4-10(2)5-6-13-9(7-11)8-12/h9,11-12H,3-8H2,1-2H3. The minimum absolute atomic E-state index is 0.117. The molecule has 0 aliphatic heterocycles. The lowest BCUT2D eigenvalue weighted by Crippen LogP contribution is -2.29. The zero-order chi connectivity index (χ0) is 10.1. The van der Waals surface area contributed by atoms with Crippen LogP contribution in [0, 0.1) is 0 Å². The highest BCUT2D eigenvalue weighted by molar-refractivity contribution is 4.54. The number of nitrogens with zero attached hydrogens (tertiary/aromatic N) is 1. The summed E-state index contributed by atoms with van der Waals surface area (Å²) < 4.78 is 5.22. The first kappa shape index (κ1) is 12.8. The van der Waals surface area contributed by atoms with Crippen molar-refractivity contribution in [2.24, 2.45) is 0 Å². The highest BCUT2D eigenvalue weighted by atomic mass is 16.5. The van der Waals surface area contributed by atoms with Crippen LogP contribution >= 0.6 is 0 Å². The van der Waals surface area contributed by atoms with E-state index in [1.807, 2.05) is 7.05 Å². The van der Waals surface area contributed by atoms with Crippen molar-refractivity contribution < 1.29 is 14.9 Å². The molecule has 0 aromatic carbocycles. The summed E-state index contributed by atoms with van der Waals surface area (Å²) in [6, 6.07) is 0. The lowest BCUT2D eigenvalue weighted by molar-refractivity contribution is -0.0248. The molecule has 0 aliphatic rings. The molecule has 80 valence electrons. The Morgan fingerprint density at radius 1 is 1.23 bits per heavy atom. The number of aliphatic hydroxyl groups is 2. The summed E-state index contributed by atoms with van der Waals surface area (Å²) >= 11 is 0. The molecule has 2 N–H and O–H groups in total. The summed E-state index contributed by atoms with van der Waals surface area (Å²) in [6.07, 6.45) is 0.704. The maximum Gasteiger partial charge on any atom is 0.104 e. The Balaban J connectivity index is 3.32. The maximum atomic E-state index is 8.70. The smallest absolute Gasteiger partial charge is 0.104 e. The summed E-state index contributed by atoms with van der Waals surface area (Å²) in [5.41, 5.74) is 0. The Labute approximate surface area is 80.1 Å². The van der Waals surface area contributed by atoms with E-state index in [2.05, 4.69) is 11.8 Å².